The molecule has 2 rings (SSSR count). The number of hydrogen-bond acceptors (Lipinski definition) is 4. The molecule has 0 aliphatic carbocycles. The number of benzene rings is 1. The first-order valence-corrected chi connectivity index (χ1v) is 8.49. The van der Waals surface area contributed by atoms with Gasteiger partial charge in [0, 0.05) is 21.3 Å². The quantitative estimate of drug-likeness (QED) is 0.848. The number of hydrogen-bond donors (Lipinski definition) is 1. The number of rotatable bonds is 3. The molecule has 0 bridgehead atoms. The second-order valence-electron chi connectivity index (χ2n) is 4.34. The summed E-state index contributed by atoms with van der Waals surface area (Å²) >= 11 is 9.18. The van der Waals surface area contributed by atoms with Crippen LogP contribution >= 0.6 is 27.5 Å². The minimum Gasteiger partial charge on any atom is -0.268 e. The SMILES string of the molecule is Cc1c(Cl)cc(C(=O)NS(=O)(=O)c2cncc(F)c2)cc1Br. The van der Waals surface area contributed by atoms with Gasteiger partial charge in [-0.15, -0.1) is 0 Å². The predicted molar refractivity (Wildman–Crippen MR) is 82.7 cm³/mol. The monoisotopic (exact) mass is 406 g/mol. The molecule has 2 aromatic rings. The van der Waals surface area contributed by atoms with E-state index >= 15 is 0 Å². The van der Waals surface area contributed by atoms with Gasteiger partial charge in [-0.25, -0.2) is 17.5 Å². The Morgan fingerprint density at radius 2 is 2.00 bits per heavy atom. The summed E-state index contributed by atoms with van der Waals surface area (Å²) < 4.78 is 39.5. The van der Waals surface area contributed by atoms with Crippen molar-refractivity contribution < 1.29 is 17.6 Å². The van der Waals surface area contributed by atoms with Gasteiger partial charge in [-0.2, -0.15) is 0 Å². The van der Waals surface area contributed by atoms with Crippen LogP contribution < -0.4 is 4.72 Å². The maximum Gasteiger partial charge on any atom is 0.265 e. The molecular formula is C13H9BrClFN2O3S. The Hall–Kier alpha value is -1.51. The fraction of sp³-hybridized carbons (Fsp3) is 0.0769. The first kappa shape index (κ1) is 16.9. The molecule has 1 N–H and O–H groups in total. The van der Waals surface area contributed by atoms with Crippen molar-refractivity contribution in [3.63, 3.8) is 0 Å². The van der Waals surface area contributed by atoms with Gasteiger partial charge in [0.1, 0.15) is 10.7 Å². The highest BCUT2D eigenvalue weighted by atomic mass is 79.9. The van der Waals surface area contributed by atoms with Crippen LogP contribution in [0.4, 0.5) is 4.39 Å². The van der Waals surface area contributed by atoms with E-state index in [-0.39, 0.29) is 5.56 Å². The average molecular weight is 408 g/mol. The van der Waals surface area contributed by atoms with Gasteiger partial charge in [-0.1, -0.05) is 27.5 Å². The molecule has 116 valence electrons. The summed E-state index contributed by atoms with van der Waals surface area (Å²) in [7, 11) is -4.23. The van der Waals surface area contributed by atoms with Crippen molar-refractivity contribution in [2.75, 3.05) is 0 Å². The standard InChI is InChI=1S/C13H9BrClFN2O3S/c1-7-11(14)2-8(3-12(7)15)13(19)18-22(20,21)10-4-9(16)5-17-6-10/h2-6H,1H3,(H,18,19). The van der Waals surface area contributed by atoms with Crippen molar-refractivity contribution >= 4 is 43.5 Å². The van der Waals surface area contributed by atoms with E-state index in [9.17, 15) is 17.6 Å². The first-order valence-electron chi connectivity index (χ1n) is 5.84. The topological polar surface area (TPSA) is 76.1 Å². The van der Waals surface area contributed by atoms with Gasteiger partial charge in [0.05, 0.1) is 6.20 Å². The molecule has 0 aliphatic rings. The summed E-state index contributed by atoms with van der Waals surface area (Å²) in [6, 6.07) is 3.55. The molecule has 1 aromatic heterocycles. The van der Waals surface area contributed by atoms with Crippen LogP contribution in [0.5, 0.6) is 0 Å². The van der Waals surface area contributed by atoms with Crippen LogP contribution in [0.25, 0.3) is 0 Å². The van der Waals surface area contributed by atoms with E-state index in [4.69, 9.17) is 11.6 Å². The number of halogens is 3. The maximum absolute atomic E-state index is 13.0. The van der Waals surface area contributed by atoms with Gasteiger partial charge < -0.3 is 0 Å². The molecule has 1 amide bonds. The van der Waals surface area contributed by atoms with Crippen molar-refractivity contribution in [1.82, 2.24) is 9.71 Å². The lowest BCUT2D eigenvalue weighted by molar-refractivity contribution is 0.0981. The molecule has 0 aliphatic heterocycles. The summed E-state index contributed by atoms with van der Waals surface area (Å²) in [5, 5.41) is 0.310. The van der Waals surface area contributed by atoms with Gasteiger partial charge in [0.2, 0.25) is 0 Å². The van der Waals surface area contributed by atoms with Crippen molar-refractivity contribution in [2.24, 2.45) is 0 Å². The van der Waals surface area contributed by atoms with Crippen molar-refractivity contribution in [1.29, 1.82) is 0 Å². The normalized spacial score (nSPS) is 11.3. The van der Waals surface area contributed by atoms with Crippen LogP contribution in [0.1, 0.15) is 15.9 Å². The minimum atomic E-state index is -4.23. The lowest BCUT2D eigenvalue weighted by atomic mass is 10.1. The third kappa shape index (κ3) is 3.63. The zero-order valence-electron chi connectivity index (χ0n) is 11.1. The van der Waals surface area contributed by atoms with E-state index in [2.05, 4.69) is 20.9 Å². The van der Waals surface area contributed by atoms with Crippen molar-refractivity contribution in [3.8, 4) is 0 Å². The number of nitrogens with zero attached hydrogens (tertiary/aromatic N) is 1. The molecule has 0 radical (unpaired) electrons. The van der Waals surface area contributed by atoms with Gasteiger partial charge >= 0.3 is 0 Å². The van der Waals surface area contributed by atoms with Crippen LogP contribution in [0.15, 0.2) is 40.0 Å². The van der Waals surface area contributed by atoms with Gasteiger partial charge in [-0.3, -0.25) is 9.78 Å². The van der Waals surface area contributed by atoms with Gasteiger partial charge in [-0.05, 0) is 30.7 Å². The Morgan fingerprint density at radius 1 is 1.32 bits per heavy atom. The Bertz CT molecular complexity index is 835. The molecule has 0 atom stereocenters. The van der Waals surface area contributed by atoms with Crippen LogP contribution in [0.2, 0.25) is 5.02 Å². The minimum absolute atomic E-state index is 0.0513. The largest absolute Gasteiger partial charge is 0.268 e. The van der Waals surface area contributed by atoms with Crippen LogP contribution in [-0.4, -0.2) is 19.3 Å². The molecule has 22 heavy (non-hydrogen) atoms. The number of aromatic nitrogens is 1. The zero-order valence-corrected chi connectivity index (χ0v) is 14.3. The molecule has 0 unspecified atom stereocenters. The second kappa shape index (κ2) is 6.31. The van der Waals surface area contributed by atoms with E-state index in [1.54, 1.807) is 6.92 Å². The first-order chi connectivity index (χ1) is 10.2. The molecule has 9 heteroatoms. The number of sulfonamides is 1. The Kier molecular flexibility index (Phi) is 4.84. The van der Waals surface area contributed by atoms with E-state index in [1.165, 1.54) is 12.1 Å². The van der Waals surface area contributed by atoms with Crippen LogP contribution in [0.3, 0.4) is 0 Å². The number of carbonyl (C=O) groups is 1. The van der Waals surface area contributed by atoms with Crippen molar-refractivity contribution in [3.05, 3.63) is 57.0 Å². The molecule has 0 spiro atoms. The average Bonchev–Trinajstić information content (AvgIpc) is 2.43. The third-order valence-electron chi connectivity index (χ3n) is 2.76. The second-order valence-corrected chi connectivity index (χ2v) is 7.28. The molecule has 1 heterocycles. The maximum atomic E-state index is 13.0. The summed E-state index contributed by atoms with van der Waals surface area (Å²) in [6.07, 6.45) is 1.80. The Morgan fingerprint density at radius 3 is 2.59 bits per heavy atom. The Balaban J connectivity index is 2.32. The van der Waals surface area contributed by atoms with E-state index in [0.29, 0.717) is 9.50 Å². The predicted octanol–water partition coefficient (Wildman–Crippen LogP) is 3.06. The highest BCUT2D eigenvalue weighted by Crippen LogP contribution is 2.26. The summed E-state index contributed by atoms with van der Waals surface area (Å²) in [5.41, 5.74) is 0.769. The number of pyridine rings is 1. The number of nitrogens with one attached hydrogen (secondary N) is 1. The summed E-state index contributed by atoms with van der Waals surface area (Å²) in [4.78, 5) is 15.0. The number of carbonyl (C=O) groups excluding carboxylic acids is 1. The Labute approximate surface area is 139 Å². The van der Waals surface area contributed by atoms with Crippen molar-refractivity contribution in [2.45, 2.75) is 11.8 Å². The molecule has 1 aromatic carbocycles. The van der Waals surface area contributed by atoms with E-state index in [1.807, 2.05) is 4.72 Å². The molecule has 0 saturated carbocycles. The summed E-state index contributed by atoms with van der Waals surface area (Å²) in [5.74, 6) is -1.71. The molecular weight excluding hydrogens is 399 g/mol. The fourth-order valence-corrected chi connectivity index (χ4v) is 3.30. The summed E-state index contributed by atoms with van der Waals surface area (Å²) in [6.45, 7) is 1.74. The smallest absolute Gasteiger partial charge is 0.265 e. The molecule has 5 nitrogen and oxygen atoms in total. The fourth-order valence-electron chi connectivity index (χ4n) is 1.56. The number of amides is 1. The molecule has 0 fully saturated rings. The van der Waals surface area contributed by atoms with E-state index < -0.39 is 26.6 Å². The highest BCUT2D eigenvalue weighted by molar-refractivity contribution is 9.10. The van der Waals surface area contributed by atoms with Gasteiger partial charge in [0.25, 0.3) is 15.9 Å². The lowest BCUT2D eigenvalue weighted by Gasteiger charge is -2.09. The van der Waals surface area contributed by atoms with Crippen LogP contribution in [-0.2, 0) is 10.0 Å². The molecule has 0 saturated heterocycles. The lowest BCUT2D eigenvalue weighted by Crippen LogP contribution is -2.30. The van der Waals surface area contributed by atoms with Crippen LogP contribution in [0, 0.1) is 12.7 Å². The third-order valence-corrected chi connectivity index (χ3v) is 5.27. The highest BCUT2D eigenvalue weighted by Gasteiger charge is 2.20. The zero-order chi connectivity index (χ0) is 16.5. The van der Waals surface area contributed by atoms with E-state index in [0.717, 1.165) is 24.0 Å². The van der Waals surface area contributed by atoms with Gasteiger partial charge in [0.15, 0.2) is 0 Å².